The molecule has 3 N–H and O–H groups in total. The van der Waals surface area contributed by atoms with Gasteiger partial charge in [0.2, 0.25) is 0 Å². The lowest BCUT2D eigenvalue weighted by Gasteiger charge is -2.19. The van der Waals surface area contributed by atoms with Crippen molar-refractivity contribution in [2.24, 2.45) is 5.73 Å². The number of anilines is 1. The Hall–Kier alpha value is -0.350. The predicted octanol–water partition coefficient (Wildman–Crippen LogP) is 2.16. The molecule has 0 aliphatic rings. The van der Waals surface area contributed by atoms with Crippen molar-refractivity contribution in [2.45, 2.75) is 6.42 Å². The number of ether oxygens (including phenoxy) is 1. The van der Waals surface area contributed by atoms with Crippen molar-refractivity contribution in [3.8, 4) is 5.75 Å². The van der Waals surface area contributed by atoms with Crippen molar-refractivity contribution in [1.82, 2.24) is 4.31 Å². The minimum Gasteiger partial charge on any atom is -0.495 e. The van der Waals surface area contributed by atoms with Gasteiger partial charge in [0.15, 0.2) is 0 Å². The monoisotopic (exact) mass is 429 g/mol. The second-order valence-corrected chi connectivity index (χ2v) is 7.52. The fourth-order valence-corrected chi connectivity index (χ4v) is 3.77. The van der Waals surface area contributed by atoms with Crippen LogP contribution in [0.5, 0.6) is 5.75 Å². The number of hydrogen-bond acceptors (Lipinski definition) is 4. The molecule has 9 heteroatoms. The van der Waals surface area contributed by atoms with Crippen molar-refractivity contribution in [1.29, 1.82) is 0 Å². The van der Waals surface area contributed by atoms with E-state index in [1.54, 1.807) is 12.1 Å². The Morgan fingerprint density at radius 2 is 2.00 bits per heavy atom. The third-order valence-electron chi connectivity index (χ3n) is 2.57. The molecule has 0 aliphatic carbocycles. The van der Waals surface area contributed by atoms with Crippen LogP contribution < -0.4 is 15.2 Å². The Balaban J connectivity index is 2.97. The maximum atomic E-state index is 12.1. The van der Waals surface area contributed by atoms with Gasteiger partial charge in [-0.3, -0.25) is 4.72 Å². The topological polar surface area (TPSA) is 84.7 Å². The molecule has 0 amide bonds. The zero-order valence-corrected chi connectivity index (χ0v) is 15.2. The SMILES string of the molecule is COc1cc(NS(=O)(=O)N(C)CCCN)c(Br)cc1Br. The summed E-state index contributed by atoms with van der Waals surface area (Å²) in [5.41, 5.74) is 5.79. The fraction of sp³-hybridized carbons (Fsp3) is 0.455. The van der Waals surface area contributed by atoms with E-state index in [9.17, 15) is 8.42 Å². The van der Waals surface area contributed by atoms with Gasteiger partial charge in [-0.2, -0.15) is 12.7 Å². The van der Waals surface area contributed by atoms with Crippen LogP contribution in [0.2, 0.25) is 0 Å². The number of nitrogens with one attached hydrogen (secondary N) is 1. The van der Waals surface area contributed by atoms with E-state index < -0.39 is 10.2 Å². The summed E-state index contributed by atoms with van der Waals surface area (Å²) in [5, 5.41) is 0. The second-order valence-electron chi connectivity index (χ2n) is 4.04. The van der Waals surface area contributed by atoms with Gasteiger partial charge in [-0.15, -0.1) is 0 Å². The molecular formula is C11H17Br2N3O3S. The molecule has 20 heavy (non-hydrogen) atoms. The maximum Gasteiger partial charge on any atom is 0.301 e. The highest BCUT2D eigenvalue weighted by atomic mass is 79.9. The molecule has 0 saturated heterocycles. The number of nitrogens with zero attached hydrogens (tertiary/aromatic N) is 1. The summed E-state index contributed by atoms with van der Waals surface area (Å²) in [6, 6.07) is 3.32. The Bertz CT molecular complexity index is 566. The molecular weight excluding hydrogens is 414 g/mol. The first-order valence-corrected chi connectivity index (χ1v) is 8.81. The van der Waals surface area contributed by atoms with Gasteiger partial charge in [-0.1, -0.05) is 0 Å². The Morgan fingerprint density at radius 3 is 2.55 bits per heavy atom. The molecule has 0 bridgehead atoms. The van der Waals surface area contributed by atoms with Crippen LogP contribution in [-0.2, 0) is 10.2 Å². The first kappa shape index (κ1) is 17.7. The lowest BCUT2D eigenvalue weighted by atomic mass is 10.3. The molecule has 0 unspecified atom stereocenters. The van der Waals surface area contributed by atoms with Crippen LogP contribution in [0.3, 0.4) is 0 Å². The van der Waals surface area contributed by atoms with E-state index in [2.05, 4.69) is 36.6 Å². The number of benzene rings is 1. The van der Waals surface area contributed by atoms with Crippen molar-refractivity contribution in [3.05, 3.63) is 21.1 Å². The summed E-state index contributed by atoms with van der Waals surface area (Å²) in [6.45, 7) is 0.798. The summed E-state index contributed by atoms with van der Waals surface area (Å²) < 4.78 is 34.5. The average molecular weight is 431 g/mol. The van der Waals surface area contributed by atoms with Crippen molar-refractivity contribution in [2.75, 3.05) is 32.0 Å². The Morgan fingerprint density at radius 1 is 1.35 bits per heavy atom. The molecule has 0 fully saturated rings. The predicted molar refractivity (Wildman–Crippen MR) is 87.2 cm³/mol. The third kappa shape index (κ3) is 4.59. The van der Waals surface area contributed by atoms with Gasteiger partial charge >= 0.3 is 10.2 Å². The van der Waals surface area contributed by atoms with E-state index >= 15 is 0 Å². The lowest BCUT2D eigenvalue weighted by Crippen LogP contribution is -2.34. The van der Waals surface area contributed by atoms with Crippen LogP contribution in [0.1, 0.15) is 6.42 Å². The molecule has 114 valence electrons. The summed E-state index contributed by atoms with van der Waals surface area (Å²) >= 11 is 6.64. The van der Waals surface area contributed by atoms with Gasteiger partial charge in [0.1, 0.15) is 5.75 Å². The van der Waals surface area contributed by atoms with Crippen molar-refractivity contribution >= 4 is 47.8 Å². The van der Waals surface area contributed by atoms with Gasteiger partial charge in [-0.05, 0) is 50.9 Å². The molecule has 1 aromatic rings. The number of rotatable bonds is 7. The van der Waals surface area contributed by atoms with E-state index in [1.807, 2.05) is 0 Å². The van der Waals surface area contributed by atoms with E-state index in [4.69, 9.17) is 10.5 Å². The molecule has 0 aliphatic heterocycles. The molecule has 0 heterocycles. The summed E-state index contributed by atoms with van der Waals surface area (Å²) in [4.78, 5) is 0. The number of halogens is 2. The minimum absolute atomic E-state index is 0.358. The summed E-state index contributed by atoms with van der Waals surface area (Å²) in [7, 11) is -0.603. The Labute approximate surface area is 136 Å². The van der Waals surface area contributed by atoms with Gasteiger partial charge in [0, 0.05) is 24.1 Å². The maximum absolute atomic E-state index is 12.1. The quantitative estimate of drug-likeness (QED) is 0.694. The van der Waals surface area contributed by atoms with Crippen LogP contribution >= 0.6 is 31.9 Å². The molecule has 6 nitrogen and oxygen atoms in total. The van der Waals surface area contributed by atoms with Crippen LogP contribution in [0.25, 0.3) is 0 Å². The average Bonchev–Trinajstić information content (AvgIpc) is 2.38. The molecule has 1 aromatic carbocycles. The smallest absolute Gasteiger partial charge is 0.301 e. The van der Waals surface area contributed by atoms with Gasteiger partial charge in [-0.25, -0.2) is 0 Å². The highest BCUT2D eigenvalue weighted by Gasteiger charge is 2.19. The molecule has 0 saturated carbocycles. The summed E-state index contributed by atoms with van der Waals surface area (Å²) in [6.07, 6.45) is 0.599. The third-order valence-corrected chi connectivity index (χ3v) is 5.32. The van der Waals surface area contributed by atoms with Gasteiger partial charge in [0.05, 0.1) is 17.3 Å². The van der Waals surface area contributed by atoms with Gasteiger partial charge < -0.3 is 10.5 Å². The Kier molecular flexibility index (Phi) is 6.73. The van der Waals surface area contributed by atoms with Crippen LogP contribution in [0.15, 0.2) is 21.1 Å². The normalized spacial score (nSPS) is 11.7. The number of nitrogens with two attached hydrogens (primary N) is 1. The molecule has 0 aromatic heterocycles. The van der Waals surface area contributed by atoms with Gasteiger partial charge in [0.25, 0.3) is 0 Å². The molecule has 1 rings (SSSR count). The van der Waals surface area contributed by atoms with E-state index in [1.165, 1.54) is 18.5 Å². The van der Waals surface area contributed by atoms with E-state index in [0.717, 1.165) is 4.47 Å². The number of methoxy groups -OCH3 is 1. The number of hydrogen-bond donors (Lipinski definition) is 2. The summed E-state index contributed by atoms with van der Waals surface area (Å²) in [5.74, 6) is 0.538. The standard InChI is InChI=1S/C11H17Br2N3O3S/c1-16(5-3-4-14)20(17,18)15-10-7-11(19-2)9(13)6-8(10)12/h6-7,15H,3-5,14H2,1-2H3. The molecule has 0 atom stereocenters. The van der Waals surface area contributed by atoms with Crippen LogP contribution in [0, 0.1) is 0 Å². The van der Waals surface area contributed by atoms with E-state index in [0.29, 0.717) is 35.4 Å². The van der Waals surface area contributed by atoms with Crippen molar-refractivity contribution in [3.63, 3.8) is 0 Å². The van der Waals surface area contributed by atoms with Crippen LogP contribution in [-0.4, -0.2) is 40.0 Å². The highest BCUT2D eigenvalue weighted by molar-refractivity contribution is 9.11. The fourth-order valence-electron chi connectivity index (χ4n) is 1.41. The van der Waals surface area contributed by atoms with Crippen molar-refractivity contribution < 1.29 is 13.2 Å². The molecule has 0 spiro atoms. The van der Waals surface area contributed by atoms with Crippen LogP contribution in [0.4, 0.5) is 5.69 Å². The first-order valence-electron chi connectivity index (χ1n) is 5.79. The minimum atomic E-state index is -3.62. The lowest BCUT2D eigenvalue weighted by molar-refractivity contribution is 0.412. The zero-order chi connectivity index (χ0) is 15.3. The molecule has 0 radical (unpaired) electrons. The largest absolute Gasteiger partial charge is 0.495 e. The van der Waals surface area contributed by atoms with E-state index in [-0.39, 0.29) is 0 Å². The zero-order valence-electron chi connectivity index (χ0n) is 11.2. The highest BCUT2D eigenvalue weighted by Crippen LogP contribution is 2.35. The second kappa shape index (κ2) is 7.60. The first-order chi connectivity index (χ1) is 9.31.